The van der Waals surface area contributed by atoms with Crippen LogP contribution in [0, 0.1) is 11.2 Å². The lowest BCUT2D eigenvalue weighted by molar-refractivity contribution is 0.218. The van der Waals surface area contributed by atoms with Gasteiger partial charge in [0.05, 0.1) is 6.61 Å². The van der Waals surface area contributed by atoms with Gasteiger partial charge in [-0.15, -0.1) is 0 Å². The van der Waals surface area contributed by atoms with Gasteiger partial charge >= 0.3 is 0 Å². The minimum absolute atomic E-state index is 0.0955. The summed E-state index contributed by atoms with van der Waals surface area (Å²) >= 11 is 1.67. The molecule has 0 aromatic heterocycles. The van der Waals surface area contributed by atoms with Crippen molar-refractivity contribution in [3.05, 3.63) is 35.1 Å². The number of nitrogen functional groups attached to an aromatic ring is 1. The largest absolute Gasteiger partial charge is 0.384 e. The van der Waals surface area contributed by atoms with Crippen LogP contribution in [0.1, 0.15) is 11.1 Å². The maximum absolute atomic E-state index is 13.0. The van der Waals surface area contributed by atoms with Gasteiger partial charge in [-0.1, -0.05) is 6.07 Å². The summed E-state index contributed by atoms with van der Waals surface area (Å²) in [6, 6.07) is 4.36. The molecule has 16 heavy (non-hydrogen) atoms. The van der Waals surface area contributed by atoms with E-state index in [1.165, 1.54) is 12.1 Å². The lowest BCUT2D eigenvalue weighted by Crippen LogP contribution is -2.14. The van der Waals surface area contributed by atoms with Gasteiger partial charge in [0, 0.05) is 24.2 Å². The highest BCUT2D eigenvalue weighted by atomic mass is 32.2. The summed E-state index contributed by atoms with van der Waals surface area (Å²) in [7, 11) is 1.65. The summed E-state index contributed by atoms with van der Waals surface area (Å²) in [6.45, 7) is 0.682. The normalized spacial score (nSPS) is 10.4. The fraction of sp³-hybridized carbons (Fsp3) is 0.364. The first-order valence-electron chi connectivity index (χ1n) is 4.84. The summed E-state index contributed by atoms with van der Waals surface area (Å²) in [5.74, 6) is 1.11. The number of nitrogens with two attached hydrogens (primary N) is 1. The summed E-state index contributed by atoms with van der Waals surface area (Å²) in [5.41, 5.74) is 6.76. The van der Waals surface area contributed by atoms with E-state index in [0.29, 0.717) is 17.9 Å². The van der Waals surface area contributed by atoms with Gasteiger partial charge in [0.2, 0.25) is 0 Å². The molecular weight excluding hydrogens is 227 g/mol. The Labute approximate surface area is 98.7 Å². The Morgan fingerprint density at radius 3 is 2.94 bits per heavy atom. The Bertz CT molecular complexity index is 371. The molecule has 0 saturated heterocycles. The highest BCUT2D eigenvalue weighted by Crippen LogP contribution is 2.17. The van der Waals surface area contributed by atoms with Gasteiger partial charge in [0.15, 0.2) is 0 Å². The van der Waals surface area contributed by atoms with Gasteiger partial charge in [-0.25, -0.2) is 4.39 Å². The molecule has 5 heteroatoms. The van der Waals surface area contributed by atoms with Crippen molar-refractivity contribution in [2.75, 3.05) is 19.5 Å². The van der Waals surface area contributed by atoms with E-state index < -0.39 is 0 Å². The third kappa shape index (κ3) is 3.83. The van der Waals surface area contributed by atoms with Gasteiger partial charge in [-0.3, -0.25) is 5.41 Å². The van der Waals surface area contributed by atoms with Crippen molar-refractivity contribution < 1.29 is 9.13 Å². The Hall–Kier alpha value is -1.07. The van der Waals surface area contributed by atoms with E-state index in [9.17, 15) is 4.39 Å². The van der Waals surface area contributed by atoms with Crippen molar-refractivity contribution in [2.45, 2.75) is 5.75 Å². The number of thioether (sulfide) groups is 1. The van der Waals surface area contributed by atoms with Crippen LogP contribution in [0.3, 0.4) is 0 Å². The summed E-state index contributed by atoms with van der Waals surface area (Å²) < 4.78 is 17.9. The van der Waals surface area contributed by atoms with Crippen molar-refractivity contribution in [1.29, 1.82) is 5.41 Å². The van der Waals surface area contributed by atoms with Crippen molar-refractivity contribution in [1.82, 2.24) is 0 Å². The van der Waals surface area contributed by atoms with E-state index in [0.717, 1.165) is 11.3 Å². The third-order valence-electron chi connectivity index (χ3n) is 2.05. The molecule has 0 aliphatic rings. The second-order valence-electron chi connectivity index (χ2n) is 3.26. The summed E-state index contributed by atoms with van der Waals surface area (Å²) in [5, 5.41) is 7.37. The molecule has 1 aromatic carbocycles. The molecule has 0 radical (unpaired) electrons. The lowest BCUT2D eigenvalue weighted by atomic mass is 10.1. The topological polar surface area (TPSA) is 59.1 Å². The number of amidine groups is 1. The van der Waals surface area contributed by atoms with Crippen molar-refractivity contribution in [2.24, 2.45) is 5.73 Å². The van der Waals surface area contributed by atoms with E-state index in [1.54, 1.807) is 24.9 Å². The van der Waals surface area contributed by atoms with E-state index in [2.05, 4.69) is 0 Å². The average molecular weight is 242 g/mol. The highest BCUT2D eigenvalue weighted by Gasteiger charge is 2.06. The number of halogens is 1. The van der Waals surface area contributed by atoms with Crippen LogP contribution in [0.2, 0.25) is 0 Å². The first-order chi connectivity index (χ1) is 7.65. The van der Waals surface area contributed by atoms with E-state index >= 15 is 0 Å². The minimum Gasteiger partial charge on any atom is -0.384 e. The summed E-state index contributed by atoms with van der Waals surface area (Å²) in [4.78, 5) is 0. The lowest BCUT2D eigenvalue weighted by Gasteiger charge is -2.08. The number of hydrogen-bond acceptors (Lipinski definition) is 3. The van der Waals surface area contributed by atoms with Crippen LogP contribution in [-0.2, 0) is 10.5 Å². The Morgan fingerprint density at radius 2 is 2.31 bits per heavy atom. The molecule has 3 N–H and O–H groups in total. The monoisotopic (exact) mass is 242 g/mol. The minimum atomic E-state index is -0.365. The van der Waals surface area contributed by atoms with Crippen LogP contribution >= 0.6 is 11.8 Å². The predicted octanol–water partition coefficient (Wildman–Crippen LogP) is 1.99. The van der Waals surface area contributed by atoms with Gasteiger partial charge in [-0.2, -0.15) is 11.8 Å². The predicted molar refractivity (Wildman–Crippen MR) is 65.5 cm³/mol. The van der Waals surface area contributed by atoms with Crippen molar-refractivity contribution in [3.63, 3.8) is 0 Å². The fourth-order valence-electron chi connectivity index (χ4n) is 1.25. The molecule has 1 rings (SSSR count). The number of rotatable bonds is 6. The zero-order chi connectivity index (χ0) is 12.0. The van der Waals surface area contributed by atoms with E-state index in [-0.39, 0.29) is 11.7 Å². The molecule has 1 aromatic rings. The molecule has 0 aliphatic carbocycles. The SMILES string of the molecule is COCCSCc1ccc(F)cc1C(=N)N. The van der Waals surface area contributed by atoms with Crippen LogP contribution in [0.25, 0.3) is 0 Å². The second kappa shape index (κ2) is 6.50. The smallest absolute Gasteiger partial charge is 0.123 e. The molecule has 0 amide bonds. The zero-order valence-corrected chi connectivity index (χ0v) is 9.94. The Kier molecular flexibility index (Phi) is 5.28. The molecule has 88 valence electrons. The number of nitrogens with one attached hydrogen (secondary N) is 1. The zero-order valence-electron chi connectivity index (χ0n) is 9.13. The molecule has 0 spiro atoms. The van der Waals surface area contributed by atoms with Gasteiger partial charge in [0.1, 0.15) is 11.7 Å². The summed E-state index contributed by atoms with van der Waals surface area (Å²) in [6.07, 6.45) is 0. The molecule has 0 aliphatic heterocycles. The number of benzene rings is 1. The molecular formula is C11H15FN2OS. The second-order valence-corrected chi connectivity index (χ2v) is 4.37. The molecule has 0 fully saturated rings. The molecule has 0 bridgehead atoms. The Balaban J connectivity index is 2.67. The third-order valence-corrected chi connectivity index (χ3v) is 3.02. The van der Waals surface area contributed by atoms with Crippen molar-refractivity contribution in [3.8, 4) is 0 Å². The van der Waals surface area contributed by atoms with Crippen LogP contribution in [-0.4, -0.2) is 25.3 Å². The first-order valence-corrected chi connectivity index (χ1v) is 6.00. The van der Waals surface area contributed by atoms with Crippen LogP contribution in [0.4, 0.5) is 4.39 Å². The average Bonchev–Trinajstić information content (AvgIpc) is 2.26. The molecule has 0 unspecified atom stereocenters. The Morgan fingerprint density at radius 1 is 1.56 bits per heavy atom. The highest BCUT2D eigenvalue weighted by molar-refractivity contribution is 7.98. The van der Waals surface area contributed by atoms with Crippen molar-refractivity contribution >= 4 is 17.6 Å². The van der Waals surface area contributed by atoms with E-state index in [4.69, 9.17) is 15.9 Å². The van der Waals surface area contributed by atoms with Gasteiger partial charge in [0.25, 0.3) is 0 Å². The molecule has 0 atom stereocenters. The van der Waals surface area contributed by atoms with Crippen LogP contribution < -0.4 is 5.73 Å². The number of ether oxygens (including phenoxy) is 1. The first kappa shape index (κ1) is 13.0. The fourth-order valence-corrected chi connectivity index (χ4v) is 2.15. The maximum atomic E-state index is 13.0. The van der Waals surface area contributed by atoms with Crippen LogP contribution in [0.5, 0.6) is 0 Å². The van der Waals surface area contributed by atoms with Gasteiger partial charge in [-0.05, 0) is 17.7 Å². The standard InChI is InChI=1S/C11H15FN2OS/c1-15-4-5-16-7-8-2-3-9(12)6-10(8)11(13)14/h2-3,6H,4-5,7H2,1H3,(H3,13,14). The molecule has 0 heterocycles. The number of hydrogen-bond donors (Lipinski definition) is 2. The molecule has 3 nitrogen and oxygen atoms in total. The van der Waals surface area contributed by atoms with Gasteiger partial charge < -0.3 is 10.5 Å². The number of methoxy groups -OCH3 is 1. The maximum Gasteiger partial charge on any atom is 0.123 e. The quantitative estimate of drug-likeness (QED) is 0.455. The van der Waals surface area contributed by atoms with Crippen LogP contribution in [0.15, 0.2) is 18.2 Å². The molecule has 0 saturated carbocycles. The van der Waals surface area contributed by atoms with E-state index in [1.807, 2.05) is 0 Å².